The Kier molecular flexibility index (Phi) is 4.77. The number of nitrogens with two attached hydrogens (primary N) is 1. The summed E-state index contributed by atoms with van der Waals surface area (Å²) in [5, 5.41) is 3.75. The fourth-order valence-electron chi connectivity index (χ4n) is 2.35. The van der Waals surface area contributed by atoms with Crippen molar-refractivity contribution in [2.24, 2.45) is 0 Å². The predicted octanol–water partition coefficient (Wildman–Crippen LogP) is 4.14. The van der Waals surface area contributed by atoms with E-state index in [0.717, 1.165) is 17.9 Å². The van der Waals surface area contributed by atoms with Gasteiger partial charge in [0.1, 0.15) is 10.7 Å². The monoisotopic (exact) mass is 338 g/mol. The number of nitrogens with zero attached hydrogens (tertiary/aromatic N) is 2. The molecule has 3 N–H and O–H groups in total. The third-order valence-electron chi connectivity index (χ3n) is 3.41. The van der Waals surface area contributed by atoms with Gasteiger partial charge in [-0.1, -0.05) is 47.7 Å². The maximum absolute atomic E-state index is 13.2. The molecule has 1 amide bonds. The van der Waals surface area contributed by atoms with Crippen LogP contribution in [0.25, 0.3) is 0 Å². The van der Waals surface area contributed by atoms with Crippen molar-refractivity contribution < 1.29 is 4.79 Å². The molecule has 0 unspecified atom stereocenters. The first-order chi connectivity index (χ1) is 11.7. The van der Waals surface area contributed by atoms with Gasteiger partial charge < -0.3 is 11.1 Å². The molecule has 3 aromatic rings. The molecule has 0 fully saturated rings. The lowest BCUT2D eigenvalue weighted by molar-refractivity contribution is 0.100. The lowest BCUT2D eigenvalue weighted by Gasteiger charge is -2.22. The summed E-state index contributed by atoms with van der Waals surface area (Å²) in [6, 6.07) is 19.0. The molecule has 3 rings (SSSR count). The normalized spacial score (nSPS) is 10.4. The van der Waals surface area contributed by atoms with E-state index in [-0.39, 0.29) is 11.7 Å². The van der Waals surface area contributed by atoms with Gasteiger partial charge in [0, 0.05) is 17.9 Å². The van der Waals surface area contributed by atoms with E-state index in [0.29, 0.717) is 10.0 Å². The van der Waals surface area contributed by atoms with E-state index in [1.807, 2.05) is 67.6 Å². The van der Waals surface area contributed by atoms with E-state index in [4.69, 9.17) is 5.73 Å². The number of anilines is 4. The minimum Gasteiger partial charge on any atom is -0.382 e. The zero-order valence-electron chi connectivity index (χ0n) is 13.3. The van der Waals surface area contributed by atoms with Crippen molar-refractivity contribution in [1.29, 1.82) is 0 Å². The van der Waals surface area contributed by atoms with E-state index >= 15 is 0 Å². The zero-order valence-corrected chi connectivity index (χ0v) is 14.1. The summed E-state index contributed by atoms with van der Waals surface area (Å²) < 4.78 is 0. The summed E-state index contributed by atoms with van der Waals surface area (Å²) in [4.78, 5) is 19.5. The number of hydrogen-bond donors (Lipinski definition) is 2. The summed E-state index contributed by atoms with van der Waals surface area (Å²) in [7, 11) is 0. The molecule has 0 atom stereocenters. The number of aromatic nitrogens is 1. The molecular formula is C18H18N4OS. The number of nitrogen functional groups attached to an aromatic ring is 1. The molecule has 5 nitrogen and oxygen atoms in total. The lowest BCUT2D eigenvalue weighted by atomic mass is 10.2. The largest absolute Gasteiger partial charge is 0.382 e. The third-order valence-corrected chi connectivity index (χ3v) is 4.42. The summed E-state index contributed by atoms with van der Waals surface area (Å²) in [6.45, 7) is 2.70. The first-order valence-electron chi connectivity index (χ1n) is 7.65. The molecule has 0 aliphatic carbocycles. The second-order valence-corrected chi connectivity index (χ2v) is 6.07. The van der Waals surface area contributed by atoms with Gasteiger partial charge in [0.05, 0.1) is 0 Å². The molecule has 1 aromatic heterocycles. The highest BCUT2D eigenvalue weighted by Crippen LogP contribution is 2.32. The predicted molar refractivity (Wildman–Crippen MR) is 100 cm³/mol. The quantitative estimate of drug-likeness (QED) is 0.733. The maximum Gasteiger partial charge on any atom is 0.276 e. The second-order valence-electron chi connectivity index (χ2n) is 5.08. The van der Waals surface area contributed by atoms with Crippen LogP contribution in [0.4, 0.5) is 22.3 Å². The Morgan fingerprint density at radius 2 is 1.62 bits per heavy atom. The van der Waals surface area contributed by atoms with Crippen LogP contribution in [-0.2, 0) is 0 Å². The van der Waals surface area contributed by atoms with Gasteiger partial charge in [-0.25, -0.2) is 4.98 Å². The Balaban J connectivity index is 2.04. The van der Waals surface area contributed by atoms with Gasteiger partial charge in [-0.15, -0.1) is 0 Å². The summed E-state index contributed by atoms with van der Waals surface area (Å²) in [5.74, 6) is 0.0596. The van der Waals surface area contributed by atoms with Gasteiger partial charge in [-0.05, 0) is 31.2 Å². The molecule has 24 heavy (non-hydrogen) atoms. The van der Waals surface area contributed by atoms with Gasteiger partial charge in [-0.2, -0.15) is 0 Å². The maximum atomic E-state index is 13.2. The van der Waals surface area contributed by atoms with Crippen LogP contribution in [0, 0.1) is 0 Å². The van der Waals surface area contributed by atoms with Crippen molar-refractivity contribution in [2.45, 2.75) is 6.92 Å². The van der Waals surface area contributed by atoms with Gasteiger partial charge in [0.2, 0.25) is 0 Å². The molecule has 2 aromatic carbocycles. The SMILES string of the molecule is CCNc1nc(N)c(C(=O)N(c2ccccc2)c2ccccc2)s1. The van der Waals surface area contributed by atoms with E-state index in [1.165, 1.54) is 11.3 Å². The molecule has 0 saturated heterocycles. The van der Waals surface area contributed by atoms with Gasteiger partial charge in [0.25, 0.3) is 5.91 Å². The molecule has 1 heterocycles. The van der Waals surface area contributed by atoms with Crippen molar-refractivity contribution in [3.05, 3.63) is 65.5 Å². The molecule has 0 bridgehead atoms. The number of thiazole rings is 1. The Bertz CT molecular complexity index is 778. The summed E-state index contributed by atoms with van der Waals surface area (Å²) >= 11 is 1.27. The highest BCUT2D eigenvalue weighted by atomic mass is 32.1. The standard InChI is InChI=1S/C18H18N4OS/c1-2-20-18-21-16(19)15(24-18)17(23)22(13-9-5-3-6-10-13)14-11-7-4-8-12-14/h3-12H,2,19H2,1H3,(H,20,21). The van der Waals surface area contributed by atoms with Crippen LogP contribution in [0.15, 0.2) is 60.7 Å². The second kappa shape index (κ2) is 7.14. The van der Waals surface area contributed by atoms with Crippen LogP contribution in [0.5, 0.6) is 0 Å². The van der Waals surface area contributed by atoms with E-state index in [9.17, 15) is 4.79 Å². The molecule has 0 spiro atoms. The molecular weight excluding hydrogens is 320 g/mol. The first-order valence-corrected chi connectivity index (χ1v) is 8.47. The number of carbonyl (C=O) groups excluding carboxylic acids is 1. The van der Waals surface area contributed by atoms with E-state index in [2.05, 4.69) is 10.3 Å². The Labute approximate surface area is 144 Å². The zero-order chi connectivity index (χ0) is 16.9. The van der Waals surface area contributed by atoms with Gasteiger partial charge in [0.15, 0.2) is 5.13 Å². The number of nitrogens with one attached hydrogen (secondary N) is 1. The fourth-order valence-corrected chi connectivity index (χ4v) is 3.23. The van der Waals surface area contributed by atoms with Crippen LogP contribution >= 0.6 is 11.3 Å². The molecule has 0 aliphatic rings. The smallest absolute Gasteiger partial charge is 0.276 e. The van der Waals surface area contributed by atoms with Crippen LogP contribution in [-0.4, -0.2) is 17.4 Å². The number of hydrogen-bond acceptors (Lipinski definition) is 5. The van der Waals surface area contributed by atoms with Crippen molar-refractivity contribution in [3.63, 3.8) is 0 Å². The van der Waals surface area contributed by atoms with Gasteiger partial charge in [-0.3, -0.25) is 9.69 Å². The first kappa shape index (κ1) is 16.0. The highest BCUT2D eigenvalue weighted by Gasteiger charge is 2.24. The molecule has 122 valence electrons. The Hall–Kier alpha value is -2.86. The minimum absolute atomic E-state index is 0.188. The molecule has 0 aliphatic heterocycles. The lowest BCUT2D eigenvalue weighted by Crippen LogP contribution is -2.25. The number of para-hydroxylation sites is 2. The fraction of sp³-hybridized carbons (Fsp3) is 0.111. The topological polar surface area (TPSA) is 71.2 Å². The van der Waals surface area contributed by atoms with Crippen molar-refractivity contribution in [1.82, 2.24) is 4.98 Å². The number of rotatable bonds is 5. The van der Waals surface area contributed by atoms with E-state index in [1.54, 1.807) is 4.90 Å². The van der Waals surface area contributed by atoms with Crippen molar-refractivity contribution in [3.8, 4) is 0 Å². The third kappa shape index (κ3) is 3.23. The Morgan fingerprint density at radius 3 is 2.12 bits per heavy atom. The Morgan fingerprint density at radius 1 is 1.08 bits per heavy atom. The van der Waals surface area contributed by atoms with E-state index < -0.39 is 0 Å². The molecule has 6 heteroatoms. The number of benzene rings is 2. The molecule has 0 radical (unpaired) electrons. The number of carbonyl (C=O) groups is 1. The van der Waals surface area contributed by atoms with Crippen LogP contribution in [0.1, 0.15) is 16.6 Å². The van der Waals surface area contributed by atoms with Crippen molar-refractivity contribution in [2.75, 3.05) is 22.5 Å². The summed E-state index contributed by atoms with van der Waals surface area (Å²) in [6.07, 6.45) is 0. The van der Waals surface area contributed by atoms with Crippen molar-refractivity contribution >= 4 is 39.6 Å². The summed E-state index contributed by atoms with van der Waals surface area (Å²) in [5.41, 5.74) is 7.55. The average molecular weight is 338 g/mol. The van der Waals surface area contributed by atoms with Crippen LogP contribution < -0.4 is 16.0 Å². The molecule has 0 saturated carbocycles. The minimum atomic E-state index is -0.188. The number of amides is 1. The average Bonchev–Trinajstić information content (AvgIpc) is 2.98. The highest BCUT2D eigenvalue weighted by molar-refractivity contribution is 7.18. The van der Waals surface area contributed by atoms with Gasteiger partial charge >= 0.3 is 0 Å². The van der Waals surface area contributed by atoms with Crippen LogP contribution in [0.3, 0.4) is 0 Å². The van der Waals surface area contributed by atoms with Crippen LogP contribution in [0.2, 0.25) is 0 Å².